The summed E-state index contributed by atoms with van der Waals surface area (Å²) in [6, 6.07) is 25.0. The Morgan fingerprint density at radius 3 is 2.42 bits per heavy atom. The minimum Gasteiger partial charge on any atom is -0.377 e. The molecule has 0 aliphatic carbocycles. The fraction of sp³-hybridized carbons (Fsp3) is 0.125. The van der Waals surface area contributed by atoms with Crippen LogP contribution in [0.1, 0.15) is 21.7 Å². The van der Waals surface area contributed by atoms with Crippen molar-refractivity contribution in [2.24, 2.45) is 0 Å². The number of rotatable bonds is 8. The van der Waals surface area contributed by atoms with Gasteiger partial charge in [0.05, 0.1) is 12.3 Å². The van der Waals surface area contributed by atoms with Gasteiger partial charge in [-0.1, -0.05) is 78.0 Å². The number of carbonyl (C=O) groups is 1. The molecule has 0 atom stereocenters. The molecule has 0 unspecified atom stereocenters. The second kappa shape index (κ2) is 9.81. The van der Waals surface area contributed by atoms with Crippen LogP contribution in [0.4, 0.5) is 5.69 Å². The van der Waals surface area contributed by atoms with E-state index in [-0.39, 0.29) is 11.5 Å². The van der Waals surface area contributed by atoms with Crippen LogP contribution >= 0.6 is 23.4 Å². The number of Topliss-reactive ketones (excluding diaryl/α,β-unsaturated/α-hetero) is 1. The normalized spacial score (nSPS) is 10.8. The van der Waals surface area contributed by atoms with Crippen LogP contribution in [-0.4, -0.2) is 26.3 Å². The number of halogens is 1. The lowest BCUT2D eigenvalue weighted by Crippen LogP contribution is -2.10. The maximum atomic E-state index is 12.5. The number of thioether (sulfide) groups is 1. The van der Waals surface area contributed by atoms with E-state index in [1.165, 1.54) is 11.8 Å². The quantitative estimate of drug-likeness (QED) is 0.272. The SMILES string of the molecule is Cc1c(Cl)cccc1NCc1nnc(SCC(=O)c2ccccc2)n1-c1ccccc1. The molecule has 0 saturated carbocycles. The summed E-state index contributed by atoms with van der Waals surface area (Å²) in [5, 5.41) is 13.6. The molecule has 156 valence electrons. The topological polar surface area (TPSA) is 59.8 Å². The van der Waals surface area contributed by atoms with Crippen molar-refractivity contribution < 1.29 is 4.79 Å². The van der Waals surface area contributed by atoms with Gasteiger partial charge in [-0.25, -0.2) is 0 Å². The van der Waals surface area contributed by atoms with Gasteiger partial charge in [-0.15, -0.1) is 10.2 Å². The standard InChI is InChI=1S/C24H21ClN4OS/c1-17-20(25)13-8-14-21(17)26-15-23-27-28-24(29(23)19-11-6-3-7-12-19)31-16-22(30)18-9-4-2-5-10-18/h2-14,26H,15-16H2,1H3. The number of nitrogens with zero attached hydrogens (tertiary/aromatic N) is 3. The Morgan fingerprint density at radius 1 is 0.968 bits per heavy atom. The fourth-order valence-electron chi connectivity index (χ4n) is 3.16. The number of aromatic nitrogens is 3. The van der Waals surface area contributed by atoms with Crippen LogP contribution in [0.5, 0.6) is 0 Å². The molecule has 0 amide bonds. The first-order valence-electron chi connectivity index (χ1n) is 9.83. The third kappa shape index (κ3) is 4.98. The molecule has 0 spiro atoms. The van der Waals surface area contributed by atoms with Crippen LogP contribution in [0.3, 0.4) is 0 Å². The van der Waals surface area contributed by atoms with Gasteiger partial charge in [0.1, 0.15) is 0 Å². The zero-order valence-corrected chi connectivity index (χ0v) is 18.5. The molecule has 4 rings (SSSR count). The van der Waals surface area contributed by atoms with E-state index >= 15 is 0 Å². The van der Waals surface area contributed by atoms with Crippen molar-refractivity contribution in [3.63, 3.8) is 0 Å². The van der Waals surface area contributed by atoms with Gasteiger partial charge in [0, 0.05) is 22.0 Å². The summed E-state index contributed by atoms with van der Waals surface area (Å²) >= 11 is 7.62. The highest BCUT2D eigenvalue weighted by molar-refractivity contribution is 7.99. The molecule has 1 heterocycles. The van der Waals surface area contributed by atoms with Gasteiger partial charge in [-0.05, 0) is 36.8 Å². The van der Waals surface area contributed by atoms with Gasteiger partial charge in [0.15, 0.2) is 16.8 Å². The van der Waals surface area contributed by atoms with Crippen LogP contribution in [-0.2, 0) is 6.54 Å². The van der Waals surface area contributed by atoms with Crippen LogP contribution in [0.15, 0.2) is 84.0 Å². The van der Waals surface area contributed by atoms with Gasteiger partial charge in [0.25, 0.3) is 0 Å². The number of carbonyl (C=O) groups excluding carboxylic acids is 1. The van der Waals surface area contributed by atoms with Crippen molar-refractivity contribution in [2.75, 3.05) is 11.1 Å². The molecule has 31 heavy (non-hydrogen) atoms. The second-order valence-electron chi connectivity index (χ2n) is 6.91. The Bertz CT molecular complexity index is 1180. The Kier molecular flexibility index (Phi) is 6.70. The lowest BCUT2D eigenvalue weighted by Gasteiger charge is -2.13. The smallest absolute Gasteiger partial charge is 0.196 e. The number of hydrogen-bond donors (Lipinski definition) is 1. The first kappa shape index (κ1) is 21.2. The minimum atomic E-state index is 0.0578. The summed E-state index contributed by atoms with van der Waals surface area (Å²) in [4.78, 5) is 12.5. The van der Waals surface area contributed by atoms with Gasteiger partial charge >= 0.3 is 0 Å². The molecular weight excluding hydrogens is 428 g/mol. The summed E-state index contributed by atoms with van der Waals surface area (Å²) in [7, 11) is 0. The van der Waals surface area contributed by atoms with E-state index in [2.05, 4.69) is 15.5 Å². The zero-order valence-electron chi connectivity index (χ0n) is 17.0. The van der Waals surface area contributed by atoms with Gasteiger partial charge in [0.2, 0.25) is 0 Å². The number of nitrogens with one attached hydrogen (secondary N) is 1. The first-order chi connectivity index (χ1) is 15.1. The molecule has 0 aliphatic rings. The van der Waals surface area contributed by atoms with E-state index in [1.54, 1.807) is 0 Å². The van der Waals surface area contributed by atoms with Crippen molar-refractivity contribution in [3.8, 4) is 5.69 Å². The summed E-state index contributed by atoms with van der Waals surface area (Å²) < 4.78 is 1.98. The lowest BCUT2D eigenvalue weighted by atomic mass is 10.2. The maximum absolute atomic E-state index is 12.5. The van der Waals surface area contributed by atoms with Crippen molar-refractivity contribution >= 4 is 34.8 Å². The van der Waals surface area contributed by atoms with E-state index in [0.717, 1.165) is 22.8 Å². The average molecular weight is 449 g/mol. The number of ketones is 1. The van der Waals surface area contributed by atoms with Gasteiger partial charge in [-0.3, -0.25) is 9.36 Å². The van der Waals surface area contributed by atoms with E-state index in [4.69, 9.17) is 11.6 Å². The fourth-order valence-corrected chi connectivity index (χ4v) is 4.20. The largest absolute Gasteiger partial charge is 0.377 e. The molecular formula is C24H21ClN4OS. The molecule has 0 bridgehead atoms. The summed E-state index contributed by atoms with van der Waals surface area (Å²) in [5.41, 5.74) is 3.57. The highest BCUT2D eigenvalue weighted by Crippen LogP contribution is 2.26. The number of anilines is 1. The van der Waals surface area contributed by atoms with E-state index in [9.17, 15) is 4.79 Å². The maximum Gasteiger partial charge on any atom is 0.196 e. The van der Waals surface area contributed by atoms with E-state index < -0.39 is 0 Å². The van der Waals surface area contributed by atoms with E-state index in [1.807, 2.05) is 90.4 Å². The molecule has 0 fully saturated rings. The Balaban J connectivity index is 1.57. The van der Waals surface area contributed by atoms with Crippen LogP contribution < -0.4 is 5.32 Å². The Labute approximate surface area is 190 Å². The molecule has 0 radical (unpaired) electrons. The molecule has 0 aliphatic heterocycles. The summed E-state index contributed by atoms with van der Waals surface area (Å²) in [6.07, 6.45) is 0. The van der Waals surface area contributed by atoms with Gasteiger partial charge in [-0.2, -0.15) is 0 Å². The number of hydrogen-bond acceptors (Lipinski definition) is 5. The second-order valence-corrected chi connectivity index (χ2v) is 8.26. The molecule has 1 aromatic heterocycles. The lowest BCUT2D eigenvalue weighted by molar-refractivity contribution is 0.102. The minimum absolute atomic E-state index is 0.0578. The Morgan fingerprint density at radius 2 is 1.68 bits per heavy atom. The number of benzene rings is 3. The van der Waals surface area contributed by atoms with Crippen molar-refractivity contribution in [2.45, 2.75) is 18.6 Å². The molecule has 0 saturated heterocycles. The monoisotopic (exact) mass is 448 g/mol. The molecule has 7 heteroatoms. The zero-order chi connectivity index (χ0) is 21.6. The predicted octanol–water partition coefficient (Wildman–Crippen LogP) is 5.82. The number of para-hydroxylation sites is 1. The first-order valence-corrected chi connectivity index (χ1v) is 11.2. The van der Waals surface area contributed by atoms with Gasteiger partial charge < -0.3 is 5.32 Å². The summed E-state index contributed by atoms with van der Waals surface area (Å²) in [5.74, 6) is 1.10. The van der Waals surface area contributed by atoms with Crippen LogP contribution in [0, 0.1) is 6.92 Å². The van der Waals surface area contributed by atoms with Crippen LogP contribution in [0.2, 0.25) is 5.02 Å². The predicted molar refractivity (Wildman–Crippen MR) is 126 cm³/mol. The highest BCUT2D eigenvalue weighted by atomic mass is 35.5. The summed E-state index contributed by atoms with van der Waals surface area (Å²) in [6.45, 7) is 2.44. The van der Waals surface area contributed by atoms with Crippen molar-refractivity contribution in [1.82, 2.24) is 14.8 Å². The highest BCUT2D eigenvalue weighted by Gasteiger charge is 2.16. The third-order valence-electron chi connectivity index (χ3n) is 4.85. The average Bonchev–Trinajstić information content (AvgIpc) is 3.22. The van der Waals surface area contributed by atoms with Crippen molar-refractivity contribution in [3.05, 3.63) is 101 Å². The Hall–Kier alpha value is -3.09. The van der Waals surface area contributed by atoms with Crippen molar-refractivity contribution in [1.29, 1.82) is 0 Å². The molecule has 3 aromatic carbocycles. The molecule has 1 N–H and O–H groups in total. The van der Waals surface area contributed by atoms with Crippen LogP contribution in [0.25, 0.3) is 5.69 Å². The van der Waals surface area contributed by atoms with E-state index in [0.29, 0.717) is 22.3 Å². The third-order valence-corrected chi connectivity index (χ3v) is 6.19. The molecule has 4 aromatic rings. The molecule has 5 nitrogen and oxygen atoms in total.